The average molecular weight is 223 g/mol. The van der Waals surface area contributed by atoms with Gasteiger partial charge in [0.1, 0.15) is 0 Å². The maximum atomic E-state index is 10.8. The lowest BCUT2D eigenvalue weighted by molar-refractivity contribution is -0.138. The first-order chi connectivity index (χ1) is 7.65. The number of carboxylic acid groups (broad SMARTS) is 1. The molecule has 1 rings (SSSR count). The van der Waals surface area contributed by atoms with E-state index in [-0.39, 0.29) is 6.61 Å². The van der Waals surface area contributed by atoms with Gasteiger partial charge in [0, 0.05) is 13.1 Å². The number of aliphatic hydroxyl groups is 1. The molecule has 88 valence electrons. The third-order valence-corrected chi connectivity index (χ3v) is 2.47. The molecule has 16 heavy (non-hydrogen) atoms. The van der Waals surface area contributed by atoms with E-state index in [1.807, 2.05) is 24.3 Å². The normalized spacial score (nSPS) is 12.4. The van der Waals surface area contributed by atoms with E-state index < -0.39 is 11.9 Å². The molecule has 0 spiro atoms. The average Bonchev–Trinajstić information content (AvgIpc) is 2.29. The first-order valence-corrected chi connectivity index (χ1v) is 5.28. The van der Waals surface area contributed by atoms with Crippen molar-refractivity contribution in [1.82, 2.24) is 5.32 Å². The highest BCUT2D eigenvalue weighted by molar-refractivity contribution is 5.75. The van der Waals surface area contributed by atoms with Crippen molar-refractivity contribution in [1.29, 1.82) is 0 Å². The molecule has 1 atom stereocenters. The molecule has 1 unspecified atom stereocenters. The maximum Gasteiger partial charge on any atom is 0.310 e. The zero-order valence-electron chi connectivity index (χ0n) is 9.31. The zero-order chi connectivity index (χ0) is 12.0. The van der Waals surface area contributed by atoms with Crippen molar-refractivity contribution in [2.24, 2.45) is 0 Å². The SMILES string of the molecule is CC(C(=O)O)c1ccc(CNCCO)cc1. The summed E-state index contributed by atoms with van der Waals surface area (Å²) in [5.74, 6) is -1.29. The second-order valence-corrected chi connectivity index (χ2v) is 3.70. The smallest absolute Gasteiger partial charge is 0.310 e. The molecule has 0 aromatic heterocycles. The van der Waals surface area contributed by atoms with Crippen LogP contribution in [0.4, 0.5) is 0 Å². The Morgan fingerprint density at radius 2 is 2.00 bits per heavy atom. The predicted molar refractivity (Wildman–Crippen MR) is 61.3 cm³/mol. The lowest BCUT2D eigenvalue weighted by atomic mass is 10.0. The topological polar surface area (TPSA) is 69.6 Å². The number of hydrogen-bond donors (Lipinski definition) is 3. The summed E-state index contributed by atoms with van der Waals surface area (Å²) < 4.78 is 0. The van der Waals surface area contributed by atoms with Gasteiger partial charge >= 0.3 is 5.97 Å². The van der Waals surface area contributed by atoms with E-state index in [0.29, 0.717) is 13.1 Å². The van der Waals surface area contributed by atoms with E-state index in [0.717, 1.165) is 11.1 Å². The molecule has 1 aromatic rings. The second kappa shape index (κ2) is 6.25. The van der Waals surface area contributed by atoms with Gasteiger partial charge in [0.05, 0.1) is 12.5 Å². The Morgan fingerprint density at radius 1 is 1.38 bits per heavy atom. The standard InChI is InChI=1S/C12H17NO3/c1-9(12(15)16)11-4-2-10(3-5-11)8-13-6-7-14/h2-5,9,13-14H,6-8H2,1H3,(H,15,16). The molecule has 0 saturated heterocycles. The molecule has 0 aliphatic carbocycles. The van der Waals surface area contributed by atoms with Gasteiger partial charge in [0.2, 0.25) is 0 Å². The molecule has 3 N–H and O–H groups in total. The molecular weight excluding hydrogens is 206 g/mol. The summed E-state index contributed by atoms with van der Waals surface area (Å²) in [6, 6.07) is 7.46. The van der Waals surface area contributed by atoms with Crippen molar-refractivity contribution in [3.05, 3.63) is 35.4 Å². The first-order valence-electron chi connectivity index (χ1n) is 5.28. The molecule has 0 bridgehead atoms. The Balaban J connectivity index is 2.57. The van der Waals surface area contributed by atoms with Gasteiger partial charge in [-0.3, -0.25) is 4.79 Å². The lowest BCUT2D eigenvalue weighted by Crippen LogP contribution is -2.17. The van der Waals surface area contributed by atoms with E-state index in [9.17, 15) is 4.79 Å². The van der Waals surface area contributed by atoms with Crippen LogP contribution in [0, 0.1) is 0 Å². The summed E-state index contributed by atoms with van der Waals surface area (Å²) in [5.41, 5.74) is 1.88. The Kier molecular flexibility index (Phi) is 4.95. The van der Waals surface area contributed by atoms with Crippen molar-refractivity contribution < 1.29 is 15.0 Å². The van der Waals surface area contributed by atoms with Crippen molar-refractivity contribution in [3.8, 4) is 0 Å². The van der Waals surface area contributed by atoms with E-state index in [4.69, 9.17) is 10.2 Å². The van der Waals surface area contributed by atoms with Gasteiger partial charge in [-0.15, -0.1) is 0 Å². The molecular formula is C12H17NO3. The fourth-order valence-corrected chi connectivity index (χ4v) is 1.38. The number of hydrogen-bond acceptors (Lipinski definition) is 3. The second-order valence-electron chi connectivity index (χ2n) is 3.70. The minimum absolute atomic E-state index is 0.119. The molecule has 0 saturated carbocycles. The Bertz CT molecular complexity index is 335. The number of aliphatic hydroxyl groups excluding tert-OH is 1. The Hall–Kier alpha value is -1.39. The summed E-state index contributed by atoms with van der Waals surface area (Å²) >= 11 is 0. The highest BCUT2D eigenvalue weighted by Crippen LogP contribution is 2.15. The monoisotopic (exact) mass is 223 g/mol. The van der Waals surface area contributed by atoms with Crippen molar-refractivity contribution in [3.63, 3.8) is 0 Å². The molecule has 0 radical (unpaired) electrons. The van der Waals surface area contributed by atoms with Gasteiger partial charge < -0.3 is 15.5 Å². The summed E-state index contributed by atoms with van der Waals surface area (Å²) in [4.78, 5) is 10.8. The van der Waals surface area contributed by atoms with Crippen LogP contribution in [0.1, 0.15) is 24.0 Å². The molecule has 0 heterocycles. The van der Waals surface area contributed by atoms with Gasteiger partial charge in [0.15, 0.2) is 0 Å². The zero-order valence-corrected chi connectivity index (χ0v) is 9.31. The van der Waals surface area contributed by atoms with Crippen LogP contribution in [0.25, 0.3) is 0 Å². The van der Waals surface area contributed by atoms with Crippen LogP contribution in [0.3, 0.4) is 0 Å². The molecule has 0 aliphatic heterocycles. The van der Waals surface area contributed by atoms with E-state index in [2.05, 4.69) is 5.32 Å². The maximum absolute atomic E-state index is 10.8. The van der Waals surface area contributed by atoms with Crippen LogP contribution in [-0.4, -0.2) is 29.3 Å². The molecule has 1 aromatic carbocycles. The number of rotatable bonds is 6. The molecule has 4 heteroatoms. The Morgan fingerprint density at radius 3 is 2.50 bits per heavy atom. The number of aliphatic carboxylic acids is 1. The Labute approximate surface area is 94.9 Å². The predicted octanol–water partition coefficient (Wildman–Crippen LogP) is 0.957. The molecule has 0 amide bonds. The number of carbonyl (C=O) groups is 1. The third kappa shape index (κ3) is 3.64. The van der Waals surface area contributed by atoms with Crippen molar-refractivity contribution >= 4 is 5.97 Å². The van der Waals surface area contributed by atoms with Gasteiger partial charge in [-0.05, 0) is 18.1 Å². The van der Waals surface area contributed by atoms with Crippen LogP contribution >= 0.6 is 0 Å². The minimum atomic E-state index is -0.814. The highest BCUT2D eigenvalue weighted by Gasteiger charge is 2.12. The molecule has 4 nitrogen and oxygen atoms in total. The third-order valence-electron chi connectivity index (χ3n) is 2.47. The van der Waals surface area contributed by atoms with Gasteiger partial charge in [0.25, 0.3) is 0 Å². The summed E-state index contributed by atoms with van der Waals surface area (Å²) in [6.45, 7) is 3.03. The van der Waals surface area contributed by atoms with E-state index in [1.54, 1.807) is 6.92 Å². The van der Waals surface area contributed by atoms with Gasteiger partial charge in [-0.1, -0.05) is 24.3 Å². The first kappa shape index (κ1) is 12.7. The van der Waals surface area contributed by atoms with Crippen molar-refractivity contribution in [2.45, 2.75) is 19.4 Å². The molecule has 0 fully saturated rings. The number of nitrogens with one attached hydrogen (secondary N) is 1. The quantitative estimate of drug-likeness (QED) is 0.628. The van der Waals surface area contributed by atoms with Gasteiger partial charge in [-0.25, -0.2) is 0 Å². The van der Waals surface area contributed by atoms with Gasteiger partial charge in [-0.2, -0.15) is 0 Å². The fraction of sp³-hybridized carbons (Fsp3) is 0.417. The number of carboxylic acids is 1. The summed E-state index contributed by atoms with van der Waals surface area (Å²) in [6.07, 6.45) is 0. The van der Waals surface area contributed by atoms with Crippen LogP contribution in [-0.2, 0) is 11.3 Å². The van der Waals surface area contributed by atoms with Crippen LogP contribution in [0.5, 0.6) is 0 Å². The van der Waals surface area contributed by atoms with Crippen LogP contribution < -0.4 is 5.32 Å². The van der Waals surface area contributed by atoms with Crippen LogP contribution in [0.15, 0.2) is 24.3 Å². The largest absolute Gasteiger partial charge is 0.481 e. The van der Waals surface area contributed by atoms with E-state index >= 15 is 0 Å². The van der Waals surface area contributed by atoms with Crippen molar-refractivity contribution in [2.75, 3.05) is 13.2 Å². The van der Waals surface area contributed by atoms with Crippen LogP contribution in [0.2, 0.25) is 0 Å². The highest BCUT2D eigenvalue weighted by atomic mass is 16.4. The number of benzene rings is 1. The fourth-order valence-electron chi connectivity index (χ4n) is 1.38. The minimum Gasteiger partial charge on any atom is -0.481 e. The summed E-state index contributed by atoms with van der Waals surface area (Å²) in [5, 5.41) is 20.5. The lowest BCUT2D eigenvalue weighted by Gasteiger charge is -2.08. The van der Waals surface area contributed by atoms with E-state index in [1.165, 1.54) is 0 Å². The summed E-state index contributed by atoms with van der Waals surface area (Å²) in [7, 11) is 0. The molecule has 0 aliphatic rings.